The molecule has 1 aliphatic rings. The van der Waals surface area contributed by atoms with E-state index in [9.17, 15) is 23.1 Å². The second-order valence-corrected chi connectivity index (χ2v) is 13.8. The molecule has 44 heavy (non-hydrogen) atoms. The van der Waals surface area contributed by atoms with Gasteiger partial charge in [-0.3, -0.25) is 5.32 Å². The summed E-state index contributed by atoms with van der Waals surface area (Å²) in [6.45, 7) is 4.80. The molecule has 0 aliphatic heterocycles. The molecule has 4 rings (SSSR count). The van der Waals surface area contributed by atoms with Crippen LogP contribution in [0.1, 0.15) is 52.0 Å². The van der Waals surface area contributed by atoms with E-state index in [0.29, 0.717) is 11.0 Å². The zero-order chi connectivity index (χ0) is 32.1. The number of hydrogen-bond acceptors (Lipinski definition) is 8. The monoisotopic (exact) mass is 630 g/mol. The van der Waals surface area contributed by atoms with E-state index in [4.69, 9.17) is 9.57 Å². The Balaban J connectivity index is 1.53. The van der Waals surface area contributed by atoms with Gasteiger partial charge in [-0.15, -0.1) is 4.73 Å². The Morgan fingerprint density at radius 3 is 2.43 bits per heavy atom. The van der Waals surface area contributed by atoms with E-state index in [1.807, 2.05) is 30.3 Å². The summed E-state index contributed by atoms with van der Waals surface area (Å²) in [6, 6.07) is 12.3. The predicted molar refractivity (Wildman–Crippen MR) is 166 cm³/mol. The number of imidazole rings is 1. The number of hydrogen-bond donors (Lipinski definition) is 4. The van der Waals surface area contributed by atoms with E-state index in [-0.39, 0.29) is 29.9 Å². The summed E-state index contributed by atoms with van der Waals surface area (Å²) < 4.78 is 35.9. The molecule has 0 saturated heterocycles. The molecule has 2 aromatic carbocycles. The first kappa shape index (κ1) is 33.0. The van der Waals surface area contributed by atoms with Crippen molar-refractivity contribution in [2.24, 2.45) is 0 Å². The number of alkyl carbamates (subject to hydrolysis) is 1. The minimum absolute atomic E-state index is 0.0490. The van der Waals surface area contributed by atoms with Crippen LogP contribution >= 0.6 is 0 Å². The maximum Gasteiger partial charge on any atom is 0.407 e. The maximum absolute atomic E-state index is 13.3. The van der Waals surface area contributed by atoms with Gasteiger partial charge in [0.25, 0.3) is 0 Å². The van der Waals surface area contributed by atoms with Gasteiger partial charge >= 0.3 is 12.1 Å². The summed E-state index contributed by atoms with van der Waals surface area (Å²) in [5, 5.41) is 16.4. The standard InChI is InChI=1S/C30H42N6O7S/c1-30(2,3)42-29(39)33-24(17-20-11-7-6-8-12-20)26(37)19-31-44(40,41)22-15-16-25-23(18-22)32-27(34-28(38)35(4)5)36(25)43-21-13-9-10-14-21/h6-8,11-12,15-16,18,21,24,26,31,37H,9-10,13-14,17,19H2,1-5H3,(H,33,39)(H,32,34,38)/t24-,26+/m0/s1. The van der Waals surface area contributed by atoms with Crippen LogP contribution in [0.2, 0.25) is 0 Å². The number of nitrogens with one attached hydrogen (secondary N) is 3. The minimum atomic E-state index is -4.11. The third-order valence-corrected chi connectivity index (χ3v) is 8.45. The summed E-state index contributed by atoms with van der Waals surface area (Å²) in [5.74, 6) is 0.139. The predicted octanol–water partition coefficient (Wildman–Crippen LogP) is 3.28. The Kier molecular flexibility index (Phi) is 10.4. The van der Waals surface area contributed by atoms with Gasteiger partial charge in [-0.05, 0) is 76.6 Å². The number of rotatable bonds is 11. The quantitative estimate of drug-likeness (QED) is 0.251. The maximum atomic E-state index is 13.3. The van der Waals surface area contributed by atoms with Crippen LogP contribution in [0.3, 0.4) is 0 Å². The normalized spacial score (nSPS) is 15.5. The van der Waals surface area contributed by atoms with Crippen LogP contribution in [-0.2, 0) is 21.2 Å². The number of carbonyl (C=O) groups excluding carboxylic acids is 2. The third-order valence-electron chi connectivity index (χ3n) is 7.02. The Bertz CT molecular complexity index is 1550. The van der Waals surface area contributed by atoms with Crippen LogP contribution in [0.15, 0.2) is 53.4 Å². The number of urea groups is 1. The molecular formula is C30H42N6O7S. The smallest absolute Gasteiger partial charge is 0.407 e. The number of aliphatic hydroxyl groups is 1. The van der Waals surface area contributed by atoms with E-state index >= 15 is 0 Å². The molecule has 14 heteroatoms. The summed E-state index contributed by atoms with van der Waals surface area (Å²) >= 11 is 0. The molecule has 1 aromatic heterocycles. The topological polar surface area (TPSA) is 164 Å². The highest BCUT2D eigenvalue weighted by molar-refractivity contribution is 7.89. The second kappa shape index (κ2) is 13.8. The number of aromatic nitrogens is 2. The van der Waals surface area contributed by atoms with E-state index < -0.39 is 39.9 Å². The van der Waals surface area contributed by atoms with Gasteiger partial charge in [0.1, 0.15) is 17.2 Å². The lowest BCUT2D eigenvalue weighted by molar-refractivity contribution is 0.0427. The van der Waals surface area contributed by atoms with Crippen molar-refractivity contribution in [3.05, 3.63) is 54.1 Å². The first-order valence-electron chi connectivity index (χ1n) is 14.6. The van der Waals surface area contributed by atoms with Crippen molar-refractivity contribution in [3.63, 3.8) is 0 Å². The molecule has 0 spiro atoms. The van der Waals surface area contributed by atoms with E-state index in [1.165, 1.54) is 21.8 Å². The fraction of sp³-hybridized carbons (Fsp3) is 0.500. The number of ether oxygens (including phenoxy) is 1. The van der Waals surface area contributed by atoms with Crippen LogP contribution in [0.5, 0.6) is 0 Å². The highest BCUT2D eigenvalue weighted by atomic mass is 32.2. The zero-order valence-electron chi connectivity index (χ0n) is 25.7. The Labute approximate surface area is 257 Å². The van der Waals surface area contributed by atoms with Gasteiger partial charge in [0, 0.05) is 20.6 Å². The van der Waals surface area contributed by atoms with Gasteiger partial charge in [-0.25, -0.2) is 27.7 Å². The van der Waals surface area contributed by atoms with Crippen LogP contribution in [-0.4, -0.2) is 84.8 Å². The second-order valence-electron chi connectivity index (χ2n) is 12.1. The zero-order valence-corrected chi connectivity index (χ0v) is 26.6. The molecule has 1 aliphatic carbocycles. The van der Waals surface area contributed by atoms with Crippen LogP contribution in [0, 0.1) is 0 Å². The van der Waals surface area contributed by atoms with Crippen LogP contribution < -0.4 is 20.2 Å². The van der Waals surface area contributed by atoms with Crippen molar-refractivity contribution in [2.45, 2.75) is 81.6 Å². The van der Waals surface area contributed by atoms with E-state index in [0.717, 1.165) is 31.2 Å². The van der Waals surface area contributed by atoms with Crippen molar-refractivity contribution >= 4 is 39.1 Å². The van der Waals surface area contributed by atoms with Gasteiger partial charge in [0.15, 0.2) is 0 Å². The molecular weight excluding hydrogens is 588 g/mol. The number of fused-ring (bicyclic) bond motifs is 1. The molecule has 240 valence electrons. The SMILES string of the molecule is CN(C)C(=O)Nc1nc2cc(S(=O)(=O)NC[C@@H](O)[C@H](Cc3ccccc3)NC(=O)OC(C)(C)C)ccc2n1OC1CCCC1. The summed E-state index contributed by atoms with van der Waals surface area (Å²) in [6.07, 6.45) is 2.00. The molecule has 0 unspecified atom stereocenters. The van der Waals surface area contributed by atoms with Crippen molar-refractivity contribution in [2.75, 3.05) is 26.0 Å². The average molecular weight is 631 g/mol. The number of sulfonamides is 1. The summed E-state index contributed by atoms with van der Waals surface area (Å²) in [4.78, 5) is 36.8. The van der Waals surface area contributed by atoms with Crippen LogP contribution in [0.4, 0.5) is 15.5 Å². The number of aliphatic hydroxyl groups excluding tert-OH is 1. The first-order valence-corrected chi connectivity index (χ1v) is 16.1. The number of nitrogens with zero attached hydrogens (tertiary/aromatic N) is 3. The minimum Gasteiger partial charge on any atom is -0.444 e. The van der Waals surface area contributed by atoms with Crippen molar-refractivity contribution in [1.82, 2.24) is 24.7 Å². The molecule has 3 amide bonds. The van der Waals surface area contributed by atoms with Crippen molar-refractivity contribution in [3.8, 4) is 0 Å². The molecule has 1 saturated carbocycles. The lowest BCUT2D eigenvalue weighted by Crippen LogP contribution is -2.50. The molecule has 3 aromatic rings. The highest BCUT2D eigenvalue weighted by Gasteiger charge is 2.28. The van der Waals surface area contributed by atoms with Gasteiger partial charge in [0.05, 0.1) is 22.6 Å². The van der Waals surface area contributed by atoms with E-state index in [2.05, 4.69) is 20.3 Å². The van der Waals surface area contributed by atoms with Gasteiger partial charge < -0.3 is 24.9 Å². The average Bonchev–Trinajstić information content (AvgIpc) is 3.58. The van der Waals surface area contributed by atoms with E-state index in [1.54, 1.807) is 40.9 Å². The fourth-order valence-electron chi connectivity index (χ4n) is 4.77. The molecule has 1 heterocycles. The number of anilines is 1. The Hall–Kier alpha value is -3.88. The lowest BCUT2D eigenvalue weighted by atomic mass is 10.0. The lowest BCUT2D eigenvalue weighted by Gasteiger charge is -2.27. The van der Waals surface area contributed by atoms with Crippen molar-refractivity contribution in [1.29, 1.82) is 0 Å². The molecule has 13 nitrogen and oxygen atoms in total. The fourth-order valence-corrected chi connectivity index (χ4v) is 5.84. The van der Waals surface area contributed by atoms with Gasteiger partial charge in [-0.1, -0.05) is 30.3 Å². The highest BCUT2D eigenvalue weighted by Crippen LogP contribution is 2.26. The molecule has 4 N–H and O–H groups in total. The molecule has 0 radical (unpaired) electrons. The molecule has 2 atom stereocenters. The Morgan fingerprint density at radius 2 is 1.80 bits per heavy atom. The summed E-state index contributed by atoms with van der Waals surface area (Å²) in [5.41, 5.74) is 0.883. The number of benzene rings is 2. The number of amides is 3. The van der Waals surface area contributed by atoms with Gasteiger partial charge in [0.2, 0.25) is 16.0 Å². The largest absolute Gasteiger partial charge is 0.444 e. The first-order chi connectivity index (χ1) is 20.7. The Morgan fingerprint density at radius 1 is 1.11 bits per heavy atom. The summed E-state index contributed by atoms with van der Waals surface area (Å²) in [7, 11) is -0.921. The number of carbonyl (C=O) groups is 2. The van der Waals surface area contributed by atoms with Crippen LogP contribution in [0.25, 0.3) is 11.0 Å². The third kappa shape index (κ3) is 8.83. The molecule has 0 bridgehead atoms. The van der Waals surface area contributed by atoms with Crippen molar-refractivity contribution < 1.29 is 32.7 Å². The van der Waals surface area contributed by atoms with Gasteiger partial charge in [-0.2, -0.15) is 0 Å². The molecule has 1 fully saturated rings.